The van der Waals surface area contributed by atoms with Gasteiger partial charge in [0.05, 0.1) is 12.3 Å². The fraction of sp³-hybridized carbons (Fsp3) is 0.611. The predicted octanol–water partition coefficient (Wildman–Crippen LogP) is 0.928. The molecule has 1 heterocycles. The van der Waals surface area contributed by atoms with Crippen LogP contribution in [0.2, 0.25) is 0 Å². The smallest absolute Gasteiger partial charge is 0.234 e. The van der Waals surface area contributed by atoms with Gasteiger partial charge in [0.25, 0.3) is 0 Å². The summed E-state index contributed by atoms with van der Waals surface area (Å²) in [7, 11) is -3.35. The number of hydrogen-bond donors (Lipinski definition) is 1. The van der Waals surface area contributed by atoms with E-state index in [1.165, 1.54) is 4.31 Å². The molecule has 0 radical (unpaired) electrons. The van der Waals surface area contributed by atoms with Crippen LogP contribution in [0.15, 0.2) is 30.3 Å². The first-order valence-corrected chi connectivity index (χ1v) is 10.5. The number of nitrogens with one attached hydrogen (secondary N) is 1. The van der Waals surface area contributed by atoms with Gasteiger partial charge in [0.2, 0.25) is 15.9 Å². The Morgan fingerprint density at radius 1 is 1.12 bits per heavy atom. The number of ether oxygens (including phenoxy) is 1. The maximum absolute atomic E-state index is 12.4. The first-order chi connectivity index (χ1) is 12.2. The van der Waals surface area contributed by atoms with E-state index in [1.54, 1.807) is 12.1 Å². The molecule has 1 fully saturated rings. The van der Waals surface area contributed by atoms with Crippen LogP contribution in [0.3, 0.4) is 0 Å². The highest BCUT2D eigenvalue weighted by Gasteiger charge is 2.28. The molecular formula is C18H29N3O4S. The lowest BCUT2D eigenvalue weighted by atomic mass is 10.1. The number of carbonyl (C=O) groups is 1. The van der Waals surface area contributed by atoms with Crippen molar-refractivity contribution < 1.29 is 17.9 Å². The van der Waals surface area contributed by atoms with Crippen LogP contribution < -0.4 is 10.1 Å². The highest BCUT2D eigenvalue weighted by atomic mass is 32.2. The second-order valence-corrected chi connectivity index (χ2v) is 9.54. The van der Waals surface area contributed by atoms with E-state index in [-0.39, 0.29) is 23.8 Å². The molecule has 146 valence electrons. The van der Waals surface area contributed by atoms with Gasteiger partial charge in [-0.3, -0.25) is 9.69 Å². The number of rotatable bonds is 7. The third-order valence-corrected chi connectivity index (χ3v) is 5.79. The van der Waals surface area contributed by atoms with Gasteiger partial charge in [-0.2, -0.15) is 4.31 Å². The summed E-state index contributed by atoms with van der Waals surface area (Å²) in [6.45, 7) is 8.13. The number of piperazine rings is 1. The number of amides is 1. The summed E-state index contributed by atoms with van der Waals surface area (Å²) < 4.78 is 31.9. The van der Waals surface area contributed by atoms with Crippen molar-refractivity contribution in [3.8, 4) is 5.75 Å². The Hall–Kier alpha value is -1.64. The molecular weight excluding hydrogens is 354 g/mol. The van der Waals surface area contributed by atoms with Crippen molar-refractivity contribution in [2.45, 2.75) is 26.3 Å². The number of carbonyl (C=O) groups excluding carboxylic acids is 1. The second-order valence-electron chi connectivity index (χ2n) is 7.45. The van der Waals surface area contributed by atoms with E-state index in [9.17, 15) is 13.2 Å². The number of sulfonamides is 1. The fourth-order valence-corrected chi connectivity index (χ4v) is 4.01. The Kier molecular flexibility index (Phi) is 7.02. The van der Waals surface area contributed by atoms with Crippen molar-refractivity contribution in [1.29, 1.82) is 0 Å². The van der Waals surface area contributed by atoms with Crippen molar-refractivity contribution in [3.63, 3.8) is 0 Å². The molecule has 0 bridgehead atoms. The van der Waals surface area contributed by atoms with Crippen molar-refractivity contribution >= 4 is 15.9 Å². The summed E-state index contributed by atoms with van der Waals surface area (Å²) in [4.78, 5) is 14.0. The summed E-state index contributed by atoms with van der Waals surface area (Å²) in [5, 5.41) is 2.92. The molecule has 1 saturated heterocycles. The van der Waals surface area contributed by atoms with Gasteiger partial charge in [-0.25, -0.2) is 8.42 Å². The van der Waals surface area contributed by atoms with Crippen LogP contribution >= 0.6 is 0 Å². The van der Waals surface area contributed by atoms with Gasteiger partial charge in [-0.1, -0.05) is 18.2 Å². The number of nitrogens with zero attached hydrogens (tertiary/aromatic N) is 2. The van der Waals surface area contributed by atoms with Gasteiger partial charge in [0, 0.05) is 31.7 Å². The highest BCUT2D eigenvalue weighted by Crippen LogP contribution is 2.11. The van der Waals surface area contributed by atoms with Gasteiger partial charge < -0.3 is 10.1 Å². The molecule has 0 unspecified atom stereocenters. The van der Waals surface area contributed by atoms with E-state index in [0.29, 0.717) is 38.5 Å². The molecule has 7 nitrogen and oxygen atoms in total. The Bertz CT molecular complexity index is 678. The lowest BCUT2D eigenvalue weighted by Crippen LogP contribution is -2.53. The van der Waals surface area contributed by atoms with E-state index in [1.807, 2.05) is 43.9 Å². The third-order valence-electron chi connectivity index (χ3n) is 3.96. The lowest BCUT2D eigenvalue weighted by Gasteiger charge is -2.34. The quantitative estimate of drug-likeness (QED) is 0.758. The van der Waals surface area contributed by atoms with Crippen molar-refractivity contribution in [1.82, 2.24) is 14.5 Å². The number of hydrogen-bond acceptors (Lipinski definition) is 5. The van der Waals surface area contributed by atoms with Crippen molar-refractivity contribution in [2.24, 2.45) is 0 Å². The maximum atomic E-state index is 12.4. The average molecular weight is 384 g/mol. The average Bonchev–Trinajstić information content (AvgIpc) is 2.54. The number of benzene rings is 1. The molecule has 1 aliphatic rings. The maximum Gasteiger partial charge on any atom is 0.234 e. The van der Waals surface area contributed by atoms with E-state index in [2.05, 4.69) is 5.32 Å². The topological polar surface area (TPSA) is 79.0 Å². The highest BCUT2D eigenvalue weighted by molar-refractivity contribution is 7.89. The van der Waals surface area contributed by atoms with Crippen LogP contribution in [0, 0.1) is 0 Å². The van der Waals surface area contributed by atoms with E-state index >= 15 is 0 Å². The summed E-state index contributed by atoms with van der Waals surface area (Å²) in [6.07, 6.45) is 0. The van der Waals surface area contributed by atoms with Gasteiger partial charge in [-0.15, -0.1) is 0 Å². The molecule has 0 aliphatic carbocycles. The largest absolute Gasteiger partial charge is 0.492 e. The summed E-state index contributed by atoms with van der Waals surface area (Å²) in [6, 6.07) is 9.17. The third kappa shape index (κ3) is 6.93. The molecule has 0 spiro atoms. The van der Waals surface area contributed by atoms with E-state index < -0.39 is 10.0 Å². The zero-order chi connectivity index (χ0) is 19.2. The minimum Gasteiger partial charge on any atom is -0.492 e. The molecule has 2 rings (SSSR count). The zero-order valence-corrected chi connectivity index (χ0v) is 16.6. The molecule has 1 N–H and O–H groups in total. The monoisotopic (exact) mass is 383 g/mol. The molecule has 0 saturated carbocycles. The van der Waals surface area contributed by atoms with E-state index in [4.69, 9.17) is 4.74 Å². The van der Waals surface area contributed by atoms with Crippen molar-refractivity contribution in [3.05, 3.63) is 30.3 Å². The van der Waals surface area contributed by atoms with Crippen LogP contribution in [-0.2, 0) is 14.8 Å². The van der Waals surface area contributed by atoms with Gasteiger partial charge in [0.1, 0.15) is 12.4 Å². The van der Waals surface area contributed by atoms with Crippen LogP contribution in [-0.4, -0.2) is 74.2 Å². The van der Waals surface area contributed by atoms with Crippen LogP contribution in [0.25, 0.3) is 0 Å². The molecule has 0 atom stereocenters. The number of para-hydroxylation sites is 1. The van der Waals surface area contributed by atoms with E-state index in [0.717, 1.165) is 0 Å². The Morgan fingerprint density at radius 3 is 2.31 bits per heavy atom. The van der Waals surface area contributed by atoms with Crippen molar-refractivity contribution in [2.75, 3.05) is 45.1 Å². The molecule has 1 amide bonds. The van der Waals surface area contributed by atoms with Gasteiger partial charge in [-0.05, 0) is 32.9 Å². The minimum absolute atomic E-state index is 0.0370. The molecule has 1 aliphatic heterocycles. The standard InChI is InChI=1S/C18H29N3O4S/c1-18(2,3)19-17(22)15-20-9-11-21(12-10-20)26(23,24)14-13-25-16-7-5-4-6-8-16/h4-8H,9-15H2,1-3H3,(H,19,22). The lowest BCUT2D eigenvalue weighted by molar-refractivity contribution is -0.123. The fourth-order valence-electron chi connectivity index (χ4n) is 2.74. The minimum atomic E-state index is -3.35. The molecule has 1 aromatic rings. The summed E-state index contributed by atoms with van der Waals surface area (Å²) in [5.41, 5.74) is -0.263. The van der Waals surface area contributed by atoms with Gasteiger partial charge in [0.15, 0.2) is 0 Å². The Labute approximate surface area is 156 Å². The van der Waals surface area contributed by atoms with Crippen LogP contribution in [0.5, 0.6) is 5.75 Å². The molecule has 1 aromatic carbocycles. The molecule has 8 heteroatoms. The molecule has 0 aromatic heterocycles. The van der Waals surface area contributed by atoms with Crippen LogP contribution in [0.4, 0.5) is 0 Å². The normalized spacial score (nSPS) is 17.0. The summed E-state index contributed by atoms with van der Waals surface area (Å²) >= 11 is 0. The Balaban J connectivity index is 1.74. The first-order valence-electron chi connectivity index (χ1n) is 8.85. The predicted molar refractivity (Wildman–Crippen MR) is 102 cm³/mol. The zero-order valence-electron chi connectivity index (χ0n) is 15.8. The van der Waals surface area contributed by atoms with Gasteiger partial charge >= 0.3 is 0 Å². The molecule has 26 heavy (non-hydrogen) atoms. The van der Waals surface area contributed by atoms with Crippen LogP contribution in [0.1, 0.15) is 20.8 Å². The SMILES string of the molecule is CC(C)(C)NC(=O)CN1CCN(S(=O)(=O)CCOc2ccccc2)CC1. The second kappa shape index (κ2) is 8.83. The first kappa shape index (κ1) is 20.7. The Morgan fingerprint density at radius 2 is 1.73 bits per heavy atom. The summed E-state index contributed by atoms with van der Waals surface area (Å²) in [5.74, 6) is 0.578.